The third kappa shape index (κ3) is 2.42. The van der Waals surface area contributed by atoms with Crippen LogP contribution in [0.1, 0.15) is 5.69 Å². The summed E-state index contributed by atoms with van der Waals surface area (Å²) in [6, 6.07) is 4.37. The van der Waals surface area contributed by atoms with Gasteiger partial charge in [0, 0.05) is 19.1 Å². The van der Waals surface area contributed by atoms with E-state index in [1.54, 1.807) is 6.20 Å². The molecule has 1 heterocycles. The van der Waals surface area contributed by atoms with Gasteiger partial charge in [0.15, 0.2) is 0 Å². The number of hydrogen-bond donors (Lipinski definition) is 1. The fourth-order valence-electron chi connectivity index (χ4n) is 1.44. The average molecular weight is 237 g/mol. The summed E-state index contributed by atoms with van der Waals surface area (Å²) in [6.07, 6.45) is 1.97. The van der Waals surface area contributed by atoms with Gasteiger partial charge in [-0.2, -0.15) is 0 Å². The largest absolute Gasteiger partial charge is 0.497 e. The Kier molecular flexibility index (Phi) is 3.34. The van der Waals surface area contributed by atoms with Crippen LogP contribution in [0.3, 0.4) is 0 Å². The van der Waals surface area contributed by atoms with Gasteiger partial charge in [-0.3, -0.25) is 0 Å². The van der Waals surface area contributed by atoms with Crippen LogP contribution in [-0.2, 0) is 6.42 Å². The van der Waals surface area contributed by atoms with Crippen molar-refractivity contribution >= 4 is 0 Å². The van der Waals surface area contributed by atoms with Crippen LogP contribution in [0, 0.1) is 5.82 Å². The molecule has 0 saturated carbocycles. The summed E-state index contributed by atoms with van der Waals surface area (Å²) in [6.45, 7) is -0.0146. The van der Waals surface area contributed by atoms with E-state index in [0.29, 0.717) is 17.9 Å². The van der Waals surface area contributed by atoms with Gasteiger partial charge in [0.2, 0.25) is 0 Å². The molecule has 0 aliphatic heterocycles. The second-order valence-corrected chi connectivity index (χ2v) is 3.45. The highest BCUT2D eigenvalue weighted by atomic mass is 19.1. The fourth-order valence-corrected chi connectivity index (χ4v) is 1.44. The molecule has 1 aromatic heterocycles. The molecule has 5 nitrogen and oxygen atoms in total. The van der Waals surface area contributed by atoms with Crippen molar-refractivity contribution in [3.8, 4) is 11.4 Å². The number of ether oxygens (including phenoxy) is 1. The molecular weight excluding hydrogens is 225 g/mol. The molecule has 0 fully saturated rings. The number of halogens is 1. The molecule has 0 atom stereocenters. The van der Waals surface area contributed by atoms with Gasteiger partial charge in [0.1, 0.15) is 17.3 Å². The molecule has 0 amide bonds. The van der Waals surface area contributed by atoms with Crippen LogP contribution < -0.4 is 4.74 Å². The van der Waals surface area contributed by atoms with Crippen LogP contribution in [0.25, 0.3) is 5.69 Å². The first-order valence-electron chi connectivity index (χ1n) is 5.10. The summed E-state index contributed by atoms with van der Waals surface area (Å²) in [5, 5.41) is 16.4. The Labute approximate surface area is 97.5 Å². The molecule has 1 aromatic carbocycles. The molecule has 2 aromatic rings. The zero-order valence-corrected chi connectivity index (χ0v) is 9.30. The maximum absolute atomic E-state index is 13.6. The minimum atomic E-state index is -0.411. The minimum Gasteiger partial charge on any atom is -0.497 e. The van der Waals surface area contributed by atoms with Crippen LogP contribution in [0.4, 0.5) is 4.39 Å². The smallest absolute Gasteiger partial charge is 0.149 e. The third-order valence-corrected chi connectivity index (χ3v) is 2.31. The van der Waals surface area contributed by atoms with E-state index < -0.39 is 5.82 Å². The van der Waals surface area contributed by atoms with Crippen molar-refractivity contribution in [2.24, 2.45) is 0 Å². The van der Waals surface area contributed by atoms with Crippen molar-refractivity contribution in [3.63, 3.8) is 0 Å². The predicted octanol–water partition coefficient (Wildman–Crippen LogP) is 0.950. The number of rotatable bonds is 4. The van der Waals surface area contributed by atoms with E-state index >= 15 is 0 Å². The first-order valence-corrected chi connectivity index (χ1v) is 5.10. The summed E-state index contributed by atoms with van der Waals surface area (Å²) in [7, 11) is 1.51. The molecule has 17 heavy (non-hydrogen) atoms. The topological polar surface area (TPSA) is 60.2 Å². The van der Waals surface area contributed by atoms with Crippen LogP contribution in [0.15, 0.2) is 24.4 Å². The molecule has 0 radical (unpaired) electrons. The Bertz CT molecular complexity index is 513. The van der Waals surface area contributed by atoms with E-state index in [2.05, 4.69) is 10.3 Å². The van der Waals surface area contributed by atoms with Gasteiger partial charge in [-0.25, -0.2) is 9.07 Å². The highest BCUT2D eigenvalue weighted by molar-refractivity contribution is 5.40. The van der Waals surface area contributed by atoms with Gasteiger partial charge in [-0.05, 0) is 12.1 Å². The van der Waals surface area contributed by atoms with Gasteiger partial charge < -0.3 is 9.84 Å². The van der Waals surface area contributed by atoms with Crippen LogP contribution in [0.5, 0.6) is 5.75 Å². The number of nitrogens with zero attached hydrogens (tertiary/aromatic N) is 3. The zero-order chi connectivity index (χ0) is 12.3. The Morgan fingerprint density at radius 1 is 1.47 bits per heavy atom. The summed E-state index contributed by atoms with van der Waals surface area (Å²) in [5.74, 6) is 0.131. The lowest BCUT2D eigenvalue weighted by Gasteiger charge is -2.04. The number of aliphatic hydroxyl groups is 1. The first kappa shape index (κ1) is 11.5. The van der Waals surface area contributed by atoms with Gasteiger partial charge in [-0.15, -0.1) is 5.10 Å². The number of methoxy groups -OCH3 is 1. The number of benzene rings is 1. The number of hydrogen-bond acceptors (Lipinski definition) is 4. The average Bonchev–Trinajstić information content (AvgIpc) is 2.79. The first-order chi connectivity index (χ1) is 8.24. The minimum absolute atomic E-state index is 0.0146. The van der Waals surface area contributed by atoms with Crippen LogP contribution in [-0.4, -0.2) is 33.8 Å². The molecule has 0 bridgehead atoms. The summed E-state index contributed by atoms with van der Waals surface area (Å²) >= 11 is 0. The van der Waals surface area contributed by atoms with E-state index in [-0.39, 0.29) is 12.3 Å². The van der Waals surface area contributed by atoms with Crippen molar-refractivity contribution in [2.75, 3.05) is 13.7 Å². The van der Waals surface area contributed by atoms with E-state index in [4.69, 9.17) is 9.84 Å². The van der Waals surface area contributed by atoms with Crippen LogP contribution in [0.2, 0.25) is 0 Å². The summed E-state index contributed by atoms with van der Waals surface area (Å²) in [5.41, 5.74) is 0.871. The lowest BCUT2D eigenvalue weighted by molar-refractivity contribution is 0.298. The van der Waals surface area contributed by atoms with Crippen molar-refractivity contribution in [2.45, 2.75) is 6.42 Å². The van der Waals surface area contributed by atoms with E-state index in [0.717, 1.165) is 0 Å². The summed E-state index contributed by atoms with van der Waals surface area (Å²) in [4.78, 5) is 0. The quantitative estimate of drug-likeness (QED) is 0.860. The Balaban J connectivity index is 2.37. The molecular formula is C11H12FN3O2. The van der Waals surface area contributed by atoms with Crippen molar-refractivity contribution in [1.82, 2.24) is 15.0 Å². The standard InChI is InChI=1S/C11H12FN3O2/c1-17-9-2-3-10(12)11(6-9)15-7-8(4-5-16)13-14-15/h2-3,6-7,16H,4-5H2,1H3. The lowest BCUT2D eigenvalue weighted by Crippen LogP contribution is -1.99. The second kappa shape index (κ2) is 4.92. The lowest BCUT2D eigenvalue weighted by atomic mass is 10.3. The number of aromatic nitrogens is 3. The molecule has 2 rings (SSSR count). The molecule has 0 aliphatic carbocycles. The molecule has 0 unspecified atom stereocenters. The van der Waals surface area contributed by atoms with Crippen molar-refractivity contribution in [3.05, 3.63) is 35.9 Å². The van der Waals surface area contributed by atoms with E-state index in [1.807, 2.05) is 0 Å². The second-order valence-electron chi connectivity index (χ2n) is 3.45. The fraction of sp³-hybridized carbons (Fsp3) is 0.273. The van der Waals surface area contributed by atoms with Crippen LogP contribution >= 0.6 is 0 Å². The van der Waals surface area contributed by atoms with Crippen molar-refractivity contribution in [1.29, 1.82) is 0 Å². The molecule has 90 valence electrons. The van der Waals surface area contributed by atoms with Gasteiger partial charge in [0.25, 0.3) is 0 Å². The molecule has 1 N–H and O–H groups in total. The zero-order valence-electron chi connectivity index (χ0n) is 9.30. The third-order valence-electron chi connectivity index (χ3n) is 2.31. The van der Waals surface area contributed by atoms with E-state index in [9.17, 15) is 4.39 Å². The van der Waals surface area contributed by atoms with E-state index in [1.165, 1.54) is 30.0 Å². The highest BCUT2D eigenvalue weighted by Crippen LogP contribution is 2.19. The molecule has 6 heteroatoms. The maximum atomic E-state index is 13.6. The van der Waals surface area contributed by atoms with Gasteiger partial charge in [-0.1, -0.05) is 5.21 Å². The number of aliphatic hydroxyl groups excluding tert-OH is 1. The predicted molar refractivity (Wildman–Crippen MR) is 58.7 cm³/mol. The molecule has 0 aliphatic rings. The Hall–Kier alpha value is -1.95. The van der Waals surface area contributed by atoms with Gasteiger partial charge >= 0.3 is 0 Å². The maximum Gasteiger partial charge on any atom is 0.149 e. The summed E-state index contributed by atoms with van der Waals surface area (Å²) < 4.78 is 19.9. The monoisotopic (exact) mass is 237 g/mol. The normalized spacial score (nSPS) is 10.5. The van der Waals surface area contributed by atoms with Gasteiger partial charge in [0.05, 0.1) is 19.0 Å². The highest BCUT2D eigenvalue weighted by Gasteiger charge is 2.09. The Morgan fingerprint density at radius 2 is 2.29 bits per heavy atom. The van der Waals surface area contributed by atoms with Crippen molar-refractivity contribution < 1.29 is 14.2 Å². The molecule has 0 saturated heterocycles. The SMILES string of the molecule is COc1ccc(F)c(-n2cc(CCO)nn2)c1. The molecule has 0 spiro atoms. The Morgan fingerprint density at radius 3 is 3.00 bits per heavy atom.